The van der Waals surface area contributed by atoms with Gasteiger partial charge in [0.05, 0.1) is 46.2 Å². The van der Waals surface area contributed by atoms with Crippen molar-refractivity contribution in [2.45, 2.75) is 209 Å². The zero-order valence-corrected chi connectivity index (χ0v) is 60.8. The lowest BCUT2D eigenvalue weighted by Crippen LogP contribution is -2.08. The van der Waals surface area contributed by atoms with E-state index in [2.05, 4.69) is 0 Å². The van der Waals surface area contributed by atoms with E-state index < -0.39 is 0 Å². The molecule has 7 aliphatic rings. The van der Waals surface area contributed by atoms with Crippen molar-refractivity contribution in [3.8, 4) is 46.0 Å². The molecule has 0 bridgehead atoms. The molecule has 7 aliphatic heterocycles. The van der Waals surface area contributed by atoms with Crippen molar-refractivity contribution in [2.24, 2.45) is 0 Å². The van der Waals surface area contributed by atoms with Gasteiger partial charge in [-0.15, -0.1) is 0 Å². The molecule has 0 aromatic heterocycles. The number of hydrogen-bond donors (Lipinski definition) is 1. The van der Waals surface area contributed by atoms with Gasteiger partial charge in [-0.05, 0) is 72.8 Å². The monoisotopic (exact) mass is 1270 g/mol. The molecular formula is C75H130O15. The van der Waals surface area contributed by atoms with Gasteiger partial charge in [-0.1, -0.05) is 227 Å². The predicted molar refractivity (Wildman–Crippen MR) is 377 cm³/mol. The van der Waals surface area contributed by atoms with Crippen LogP contribution in [0.1, 0.15) is 166 Å². The fourth-order valence-electron chi connectivity index (χ4n) is 5.40. The molecule has 90 heavy (non-hydrogen) atoms. The predicted octanol–water partition coefficient (Wildman–Crippen LogP) is 18.9. The number of aromatic hydroxyl groups is 1. The standard InChI is InChI=1S/2C12H14O4.C9H10O3.2C9H10O2.12C2H6/c2*1-2-4-12(16-8-10-6-14-10)11(3-1)15-7-9-5-13-9;10-7-1-3-8(4-2-7)11-5-9-6-12-9;2*1-2-4-8(5-3-1)10-6-9-7-11-9;12*1-2/h2*1-4,9-10H,5-8H2;1-4,9-10H,5-6H2;2*1-5,9H,6-7H2;12*1-2H3. The topological polar surface area (TPSA) is 173 Å². The summed E-state index contributed by atoms with van der Waals surface area (Å²) in [7, 11) is 0. The fraction of sp³-hybridized carbons (Fsp3) is 0.600. The molecule has 12 rings (SSSR count). The molecule has 1 N–H and O–H groups in total. The first-order valence-electron chi connectivity index (χ1n) is 34.4. The van der Waals surface area contributed by atoms with Gasteiger partial charge in [0.15, 0.2) is 23.0 Å². The summed E-state index contributed by atoms with van der Waals surface area (Å²) in [6.07, 6.45) is 2.02. The number of epoxide rings is 7. The van der Waals surface area contributed by atoms with Gasteiger partial charge >= 0.3 is 0 Å². The van der Waals surface area contributed by atoms with E-state index in [1.165, 1.54) is 0 Å². The van der Waals surface area contributed by atoms with Crippen LogP contribution in [0.2, 0.25) is 0 Å². The molecule has 7 unspecified atom stereocenters. The number of benzene rings is 5. The molecule has 7 atom stereocenters. The van der Waals surface area contributed by atoms with Crippen molar-refractivity contribution in [1.82, 2.24) is 0 Å². The Morgan fingerprint density at radius 1 is 0.233 bits per heavy atom. The van der Waals surface area contributed by atoms with E-state index in [9.17, 15) is 0 Å². The zero-order chi connectivity index (χ0) is 69.0. The molecule has 0 aliphatic carbocycles. The van der Waals surface area contributed by atoms with E-state index in [1.807, 2.05) is 275 Å². The summed E-state index contributed by atoms with van der Waals surface area (Å²) in [6.45, 7) is 58.1. The van der Waals surface area contributed by atoms with E-state index in [0.717, 1.165) is 86.5 Å². The molecule has 15 heteroatoms. The Morgan fingerprint density at radius 2 is 0.389 bits per heavy atom. The number of phenols is 1. The molecule has 5 aromatic carbocycles. The normalized spacial score (nSPS) is 18.1. The summed E-state index contributed by atoms with van der Waals surface area (Å²) in [6, 6.07) is 41.6. The molecule has 0 amide bonds. The fourth-order valence-corrected chi connectivity index (χ4v) is 5.40. The van der Waals surface area contributed by atoms with E-state index in [4.69, 9.17) is 71.4 Å². The number of ether oxygens (including phenoxy) is 14. The third kappa shape index (κ3) is 56.2. The van der Waals surface area contributed by atoms with Crippen molar-refractivity contribution in [3.63, 3.8) is 0 Å². The summed E-state index contributed by atoms with van der Waals surface area (Å²) >= 11 is 0. The van der Waals surface area contributed by atoms with Crippen molar-refractivity contribution < 1.29 is 71.4 Å². The van der Waals surface area contributed by atoms with Gasteiger partial charge in [-0.2, -0.15) is 0 Å². The van der Waals surface area contributed by atoms with Crippen LogP contribution < -0.4 is 33.2 Å². The van der Waals surface area contributed by atoms with Crippen LogP contribution in [0, 0.1) is 0 Å². The third-order valence-corrected chi connectivity index (χ3v) is 9.84. The highest BCUT2D eigenvalue weighted by Gasteiger charge is 2.28. The lowest BCUT2D eigenvalue weighted by Gasteiger charge is -2.10. The van der Waals surface area contributed by atoms with Gasteiger partial charge in [0.2, 0.25) is 0 Å². The van der Waals surface area contributed by atoms with Crippen molar-refractivity contribution in [2.75, 3.05) is 92.5 Å². The highest BCUT2D eigenvalue weighted by molar-refractivity contribution is 5.40. The Labute approximate surface area is 550 Å². The second-order valence-electron chi connectivity index (χ2n) is 15.9. The first-order chi connectivity index (χ1) is 44.6. The molecule has 520 valence electrons. The summed E-state index contributed by atoms with van der Waals surface area (Å²) in [5, 5.41) is 8.97. The van der Waals surface area contributed by atoms with Crippen LogP contribution in [-0.2, 0) is 33.2 Å². The minimum atomic E-state index is 0.255. The second-order valence-corrected chi connectivity index (χ2v) is 15.9. The first-order valence-corrected chi connectivity index (χ1v) is 34.4. The van der Waals surface area contributed by atoms with Gasteiger partial charge < -0.3 is 71.4 Å². The van der Waals surface area contributed by atoms with E-state index in [1.54, 1.807) is 24.3 Å². The molecule has 15 nitrogen and oxygen atoms in total. The summed E-state index contributed by atoms with van der Waals surface area (Å²) in [5.41, 5.74) is 0. The maximum atomic E-state index is 8.97. The van der Waals surface area contributed by atoms with E-state index >= 15 is 0 Å². The number of phenolic OH excluding ortho intramolecular Hbond substituents is 1. The molecule has 0 radical (unpaired) electrons. The highest BCUT2D eigenvalue weighted by atomic mass is 16.6. The lowest BCUT2D eigenvalue weighted by atomic mass is 10.3. The second kappa shape index (κ2) is 70.7. The van der Waals surface area contributed by atoms with Crippen LogP contribution in [0.15, 0.2) is 133 Å². The van der Waals surface area contributed by atoms with Gasteiger partial charge in [-0.3, -0.25) is 0 Å². The third-order valence-electron chi connectivity index (χ3n) is 9.84. The minimum absolute atomic E-state index is 0.255. The molecule has 7 saturated heterocycles. The largest absolute Gasteiger partial charge is 0.508 e. The molecule has 0 spiro atoms. The maximum absolute atomic E-state index is 8.97. The van der Waals surface area contributed by atoms with E-state index in [-0.39, 0.29) is 36.3 Å². The summed E-state index contributed by atoms with van der Waals surface area (Å²) in [5.74, 6) is 5.97. The average molecular weight is 1270 g/mol. The Hall–Kier alpha value is -5.78. The quantitative estimate of drug-likeness (QED) is 0.0687. The molecule has 0 saturated carbocycles. The maximum Gasteiger partial charge on any atom is 0.161 e. The number of rotatable bonds is 21. The molecule has 7 fully saturated rings. The SMILES string of the molecule is CC.CC.CC.CC.CC.CC.CC.CC.CC.CC.CC.CC.Oc1ccc(OCC2CO2)cc1.c1ccc(OCC2CO2)c(OCC2CO2)c1.c1ccc(OCC2CO2)c(OCC2CO2)c1.c1ccc(OCC2CO2)cc1.c1ccc(OCC2CO2)cc1. The molecular weight excluding hydrogens is 1140 g/mol. The van der Waals surface area contributed by atoms with Gasteiger partial charge in [0.25, 0.3) is 0 Å². The number of hydrogen-bond acceptors (Lipinski definition) is 15. The lowest BCUT2D eigenvalue weighted by molar-refractivity contribution is 0.228. The first kappa shape index (κ1) is 92.9. The van der Waals surface area contributed by atoms with E-state index in [0.29, 0.717) is 58.5 Å². The Bertz CT molecular complexity index is 1910. The van der Waals surface area contributed by atoms with Gasteiger partial charge in [-0.25, -0.2) is 0 Å². The number of para-hydroxylation sites is 6. The minimum Gasteiger partial charge on any atom is -0.508 e. The van der Waals surface area contributed by atoms with Crippen molar-refractivity contribution in [1.29, 1.82) is 0 Å². The highest BCUT2D eigenvalue weighted by Crippen LogP contribution is 2.30. The Morgan fingerprint density at radius 3 is 0.567 bits per heavy atom. The zero-order valence-electron chi connectivity index (χ0n) is 60.8. The van der Waals surface area contributed by atoms with Gasteiger partial charge in [0, 0.05) is 0 Å². The van der Waals surface area contributed by atoms with Crippen LogP contribution in [0.5, 0.6) is 46.0 Å². The van der Waals surface area contributed by atoms with Crippen molar-refractivity contribution >= 4 is 0 Å². The Balaban J connectivity index is -0.000000310. The molecule has 5 aromatic rings. The van der Waals surface area contributed by atoms with Crippen LogP contribution in [0.3, 0.4) is 0 Å². The Kier molecular flexibility index (Phi) is 73.0. The van der Waals surface area contributed by atoms with Crippen LogP contribution >= 0.6 is 0 Å². The average Bonchev–Trinajstić information content (AvgIpc) is 4.58. The van der Waals surface area contributed by atoms with Crippen LogP contribution in [0.4, 0.5) is 0 Å². The van der Waals surface area contributed by atoms with Crippen LogP contribution in [-0.4, -0.2) is 140 Å². The molecule has 7 heterocycles. The smallest absolute Gasteiger partial charge is 0.161 e. The van der Waals surface area contributed by atoms with Crippen molar-refractivity contribution in [3.05, 3.63) is 133 Å². The van der Waals surface area contributed by atoms with Gasteiger partial charge in [0.1, 0.15) is 112 Å². The summed E-state index contributed by atoms with van der Waals surface area (Å²) < 4.78 is 74.0. The summed E-state index contributed by atoms with van der Waals surface area (Å²) in [4.78, 5) is 0. The van der Waals surface area contributed by atoms with Crippen LogP contribution in [0.25, 0.3) is 0 Å².